The van der Waals surface area contributed by atoms with Gasteiger partial charge in [-0.1, -0.05) is 76.3 Å². The van der Waals surface area contributed by atoms with Gasteiger partial charge in [0.2, 0.25) is 0 Å². The Bertz CT molecular complexity index is 1250. The van der Waals surface area contributed by atoms with Gasteiger partial charge in [-0.15, -0.1) is 65.8 Å². The number of rotatable bonds is 46. The second-order valence-electron chi connectivity index (χ2n) is 15.7. The topological polar surface area (TPSA) is 228 Å². The zero-order chi connectivity index (χ0) is 51.4. The fourth-order valence-corrected chi connectivity index (χ4v) is 7.42. The molecule has 0 aromatic carbocycles. The average molecular weight is 1090 g/mol. The van der Waals surface area contributed by atoms with Gasteiger partial charge in [0.25, 0.3) is 15.6 Å². The van der Waals surface area contributed by atoms with E-state index in [4.69, 9.17) is 46.9 Å². The zero-order valence-electron chi connectivity index (χ0n) is 41.6. The number of hydrogen-bond donors (Lipinski definition) is 0. The maximum absolute atomic E-state index is 12.4. The first kappa shape index (κ1) is 73.2. The van der Waals surface area contributed by atoms with Gasteiger partial charge < -0.3 is 66.9 Å². The van der Waals surface area contributed by atoms with Gasteiger partial charge in [-0.3, -0.25) is 9.13 Å². The number of ether oxygens (including phenoxy) is 8. The molecule has 0 rings (SSSR count). The second-order valence-corrected chi connectivity index (χ2v) is 18.6. The van der Waals surface area contributed by atoms with Gasteiger partial charge in [0.05, 0.1) is 119 Å². The molecule has 2 atom stereocenters. The summed E-state index contributed by atoms with van der Waals surface area (Å²) in [5, 5.41) is 22.3. The third kappa shape index (κ3) is 36.6. The van der Waals surface area contributed by atoms with Crippen LogP contribution in [0.2, 0.25) is 0 Å². The van der Waals surface area contributed by atoms with Crippen molar-refractivity contribution in [3.8, 4) is 0 Å². The summed E-state index contributed by atoms with van der Waals surface area (Å²) in [5.41, 5.74) is -2.62. The Morgan fingerprint density at radius 2 is 0.544 bits per heavy atom. The van der Waals surface area contributed by atoms with Crippen LogP contribution in [0.25, 0.3) is 0 Å². The fraction of sp³-hybridized carbons (Fsp3) is 0.667. The van der Waals surface area contributed by atoms with Gasteiger partial charge in [0, 0.05) is 21.7 Å². The minimum atomic E-state index is -5.34. The Hall–Kier alpha value is -1.34. The predicted molar refractivity (Wildman–Crippen MR) is 257 cm³/mol. The van der Waals surface area contributed by atoms with Crippen LogP contribution in [0.15, 0.2) is 101 Å². The Morgan fingerprint density at radius 1 is 0.368 bits per heavy atom. The van der Waals surface area contributed by atoms with Crippen LogP contribution in [0.1, 0.15) is 53.4 Å². The number of hydrogen-bond acceptors (Lipinski definition) is 17. The average Bonchev–Trinajstić information content (AvgIpc) is 3.32. The predicted octanol–water partition coefficient (Wildman–Crippen LogP) is 5.87. The van der Waals surface area contributed by atoms with Crippen LogP contribution in [-0.2, 0) is 86.6 Å². The largest absolute Gasteiger partial charge is 4.00 e. The molecule has 20 heteroatoms. The van der Waals surface area contributed by atoms with Crippen LogP contribution in [0.4, 0.5) is 0 Å². The fourth-order valence-electron chi connectivity index (χ4n) is 5.20. The van der Waals surface area contributed by atoms with Gasteiger partial charge >= 0.3 is 26.2 Å². The summed E-state index contributed by atoms with van der Waals surface area (Å²) >= 11 is 0. The van der Waals surface area contributed by atoms with Gasteiger partial charge in [0.15, 0.2) is 0 Å². The first-order chi connectivity index (χ1) is 32.0. The van der Waals surface area contributed by atoms with Crippen molar-refractivity contribution in [2.45, 2.75) is 53.4 Å². The molecule has 2 unspecified atom stereocenters. The molecule has 68 heavy (non-hydrogen) atoms. The third-order valence-corrected chi connectivity index (χ3v) is 12.5. The van der Waals surface area contributed by atoms with E-state index in [1.165, 1.54) is 0 Å². The molecule has 0 N–H and O–H groups in total. The first-order valence-corrected chi connectivity index (χ1v) is 25.2. The van der Waals surface area contributed by atoms with Crippen molar-refractivity contribution in [2.24, 2.45) is 21.7 Å². The molecule has 392 valence electrons. The standard InChI is InChI=1S/C24H44O11P2.2C12H21O3.Zr/c1-7-13-29-17-23(11-5,18-30-14-8-2)21-33-36(25,26)35-37(27,28)34-22-24(12-6,19-31-15-9-3)20-32-16-10-4;2*1-4-7-14-10-12(6-3,9-13)11-15-8-5-2;/h7-10H,1-4,11-22H2,5-6H3,(H,25,26)(H,27,28);2*4-5H,1-2,6-11H2,3H3;/q;2*-1;+4/p-2. The minimum absolute atomic E-state index is 0. The van der Waals surface area contributed by atoms with Crippen LogP contribution in [0, 0.1) is 21.7 Å². The van der Waals surface area contributed by atoms with E-state index in [2.05, 4.69) is 56.9 Å². The van der Waals surface area contributed by atoms with E-state index in [0.29, 0.717) is 65.7 Å². The van der Waals surface area contributed by atoms with Crippen LogP contribution in [-0.4, -0.2) is 132 Å². The molecule has 0 aromatic rings. The molecule has 0 aliphatic heterocycles. The molecule has 0 amide bonds. The Kier molecular flexibility index (Phi) is 49.0. The molecular formula is C48H84O17P2Zr. The summed E-state index contributed by atoms with van der Waals surface area (Å²) < 4.78 is 82.4. The molecular weight excluding hydrogens is 1000 g/mol. The van der Waals surface area contributed by atoms with Crippen LogP contribution >= 0.6 is 15.6 Å². The van der Waals surface area contributed by atoms with E-state index >= 15 is 0 Å². The maximum Gasteiger partial charge on any atom is 4.00 e. The summed E-state index contributed by atoms with van der Waals surface area (Å²) in [5.74, 6) is 0. The smallest absolute Gasteiger partial charge is 0.854 e. The first-order valence-electron chi connectivity index (χ1n) is 22.3. The van der Waals surface area contributed by atoms with Crippen molar-refractivity contribution < 1.29 is 107 Å². The Labute approximate surface area is 428 Å². The van der Waals surface area contributed by atoms with Crippen LogP contribution < -0.4 is 20.0 Å². The van der Waals surface area contributed by atoms with Gasteiger partial charge in [0.1, 0.15) is 0 Å². The molecule has 0 heterocycles. The summed E-state index contributed by atoms with van der Waals surface area (Å²) in [6, 6.07) is 0. The molecule has 17 nitrogen and oxygen atoms in total. The third-order valence-electron chi connectivity index (χ3n) is 10.0. The minimum Gasteiger partial charge on any atom is -0.854 e. The normalized spacial score (nSPS) is 13.4. The number of phosphoric ester groups is 2. The molecule has 0 saturated heterocycles. The Balaban J connectivity index is -0.000000541. The monoisotopic (exact) mass is 1080 g/mol. The maximum atomic E-state index is 12.4. The summed E-state index contributed by atoms with van der Waals surface area (Å²) in [4.78, 5) is 24.9. The van der Waals surface area contributed by atoms with Crippen molar-refractivity contribution in [3.63, 3.8) is 0 Å². The molecule has 0 bridgehead atoms. The molecule has 0 radical (unpaired) electrons. The van der Waals surface area contributed by atoms with Gasteiger partial charge in [-0.2, -0.15) is 0 Å². The van der Waals surface area contributed by atoms with Crippen molar-refractivity contribution in [2.75, 3.05) is 132 Å². The molecule has 0 spiro atoms. The van der Waals surface area contributed by atoms with E-state index in [9.17, 15) is 29.1 Å². The zero-order valence-corrected chi connectivity index (χ0v) is 45.8. The van der Waals surface area contributed by atoms with Gasteiger partial charge in [-0.05, 0) is 25.7 Å². The van der Waals surface area contributed by atoms with E-state index in [1.807, 2.05) is 13.8 Å². The van der Waals surface area contributed by atoms with E-state index in [0.717, 1.165) is 12.8 Å². The molecule has 0 fully saturated rings. The van der Waals surface area contributed by atoms with Crippen LogP contribution in [0.5, 0.6) is 0 Å². The molecule has 0 saturated carbocycles. The summed E-state index contributed by atoms with van der Waals surface area (Å²) in [6.07, 6.45) is 15.2. The quantitative estimate of drug-likeness (QED) is 0.0394. The van der Waals surface area contributed by atoms with E-state index < -0.39 is 50.5 Å². The van der Waals surface area contributed by atoms with Crippen molar-refractivity contribution in [3.05, 3.63) is 101 Å². The van der Waals surface area contributed by atoms with E-state index in [-0.39, 0.29) is 92.3 Å². The van der Waals surface area contributed by atoms with Crippen LogP contribution in [0.3, 0.4) is 0 Å². The second kappa shape index (κ2) is 45.5. The summed E-state index contributed by atoms with van der Waals surface area (Å²) in [7, 11) is -10.7. The summed E-state index contributed by atoms with van der Waals surface area (Å²) in [6.45, 7) is 39.6. The molecule has 0 aromatic heterocycles. The van der Waals surface area contributed by atoms with Crippen molar-refractivity contribution >= 4 is 15.6 Å². The van der Waals surface area contributed by atoms with Crippen molar-refractivity contribution in [1.82, 2.24) is 0 Å². The SMILES string of the molecule is C=CCOCC(CC)(COCC=C)COP(=O)([O-])OP(=O)([O-])OCC(CC)(COCC=C)COCC=C.C=CCOCC(CC)(C[O-])COCC=C.C=CCOCC(CC)(C[O-])COCC=C.[Zr+4]. The van der Waals surface area contributed by atoms with E-state index in [1.54, 1.807) is 62.5 Å². The van der Waals surface area contributed by atoms with Crippen molar-refractivity contribution in [1.29, 1.82) is 0 Å². The molecule has 0 aliphatic carbocycles. The molecule has 0 aliphatic rings. The number of phosphoric acid groups is 2. The van der Waals surface area contributed by atoms with Gasteiger partial charge in [-0.25, -0.2) is 4.31 Å². The Morgan fingerprint density at radius 3 is 0.691 bits per heavy atom.